The second-order valence-electron chi connectivity index (χ2n) is 6.66. The Morgan fingerprint density at radius 3 is 2.50 bits per heavy atom. The van der Waals surface area contributed by atoms with Crippen molar-refractivity contribution < 1.29 is 9.21 Å². The van der Waals surface area contributed by atoms with Crippen LogP contribution in [0, 0.1) is 0 Å². The number of nitrogens with zero attached hydrogens (tertiary/aromatic N) is 3. The highest BCUT2D eigenvalue weighted by Gasteiger charge is 2.23. The summed E-state index contributed by atoms with van der Waals surface area (Å²) in [5.74, 6) is -0.418. The summed E-state index contributed by atoms with van der Waals surface area (Å²) in [6, 6.07) is 15.5. The van der Waals surface area contributed by atoms with Crippen LogP contribution in [0.1, 0.15) is 15.9 Å². The van der Waals surface area contributed by atoms with Crippen LogP contribution in [-0.4, -0.2) is 46.5 Å². The molecule has 6 heteroatoms. The molecule has 0 spiro atoms. The van der Waals surface area contributed by atoms with Crippen molar-refractivity contribution in [2.45, 2.75) is 6.54 Å². The molecule has 1 aromatic heterocycles. The van der Waals surface area contributed by atoms with Gasteiger partial charge in [0.25, 0.3) is 5.91 Å². The summed E-state index contributed by atoms with van der Waals surface area (Å²) in [4.78, 5) is 28.7. The standard InChI is InChI=1S/C20H21N3O3/c1-21-17-13-16(7-8-18(17)26-20(21)25)19(24)23-11-9-22(10-12-23)14-15-5-3-2-4-6-15/h2-8,13H,9-12,14H2,1H3. The molecule has 0 bridgehead atoms. The van der Waals surface area contributed by atoms with Crippen LogP contribution in [0.5, 0.6) is 0 Å². The molecule has 0 atom stereocenters. The molecule has 3 aromatic rings. The van der Waals surface area contributed by atoms with Crippen LogP contribution in [0.2, 0.25) is 0 Å². The lowest BCUT2D eigenvalue weighted by Gasteiger charge is -2.34. The minimum Gasteiger partial charge on any atom is -0.408 e. The molecular weight excluding hydrogens is 330 g/mol. The maximum absolute atomic E-state index is 12.8. The highest BCUT2D eigenvalue weighted by Crippen LogP contribution is 2.17. The van der Waals surface area contributed by atoms with Crippen LogP contribution < -0.4 is 5.76 Å². The predicted molar refractivity (Wildman–Crippen MR) is 99.1 cm³/mol. The highest BCUT2D eigenvalue weighted by molar-refractivity contribution is 5.97. The number of aryl methyl sites for hydroxylation is 1. The Kier molecular flexibility index (Phi) is 4.34. The van der Waals surface area contributed by atoms with Crippen molar-refractivity contribution in [1.29, 1.82) is 0 Å². The molecule has 26 heavy (non-hydrogen) atoms. The third-order valence-corrected chi connectivity index (χ3v) is 4.95. The molecular formula is C20H21N3O3. The van der Waals surface area contributed by atoms with Crippen LogP contribution in [0.3, 0.4) is 0 Å². The van der Waals surface area contributed by atoms with Gasteiger partial charge in [-0.1, -0.05) is 30.3 Å². The molecule has 2 aromatic carbocycles. The topological polar surface area (TPSA) is 58.7 Å². The number of carbonyl (C=O) groups is 1. The lowest BCUT2D eigenvalue weighted by Crippen LogP contribution is -2.48. The number of hydrogen-bond acceptors (Lipinski definition) is 4. The van der Waals surface area contributed by atoms with Crippen LogP contribution >= 0.6 is 0 Å². The zero-order valence-electron chi connectivity index (χ0n) is 14.7. The molecule has 1 aliphatic rings. The van der Waals surface area contributed by atoms with Crippen molar-refractivity contribution in [1.82, 2.24) is 14.4 Å². The first-order chi connectivity index (χ1) is 12.6. The first-order valence-corrected chi connectivity index (χ1v) is 8.77. The van der Waals surface area contributed by atoms with E-state index in [0.29, 0.717) is 29.8 Å². The Morgan fingerprint density at radius 2 is 1.77 bits per heavy atom. The summed E-state index contributed by atoms with van der Waals surface area (Å²) in [5.41, 5.74) is 3.02. The summed E-state index contributed by atoms with van der Waals surface area (Å²) in [6.07, 6.45) is 0. The Morgan fingerprint density at radius 1 is 1.04 bits per heavy atom. The number of aromatic nitrogens is 1. The van der Waals surface area contributed by atoms with Gasteiger partial charge in [-0.2, -0.15) is 0 Å². The molecule has 0 radical (unpaired) electrons. The molecule has 0 N–H and O–H groups in total. The van der Waals surface area contributed by atoms with Gasteiger partial charge in [0.2, 0.25) is 0 Å². The largest absolute Gasteiger partial charge is 0.419 e. The minimum atomic E-state index is -0.417. The Hall–Kier alpha value is -2.86. The van der Waals surface area contributed by atoms with Crippen molar-refractivity contribution in [2.75, 3.05) is 26.2 Å². The third-order valence-electron chi connectivity index (χ3n) is 4.95. The van der Waals surface area contributed by atoms with Gasteiger partial charge in [-0.3, -0.25) is 14.3 Å². The number of piperazine rings is 1. The van der Waals surface area contributed by atoms with Gasteiger partial charge >= 0.3 is 5.76 Å². The van der Waals surface area contributed by atoms with Crippen LogP contribution in [-0.2, 0) is 13.6 Å². The second kappa shape index (κ2) is 6.80. The summed E-state index contributed by atoms with van der Waals surface area (Å²) in [6.45, 7) is 4.02. The maximum atomic E-state index is 12.8. The molecule has 1 amide bonds. The highest BCUT2D eigenvalue weighted by atomic mass is 16.4. The van der Waals surface area contributed by atoms with Crippen molar-refractivity contribution in [3.05, 3.63) is 70.2 Å². The number of fused-ring (bicyclic) bond motifs is 1. The van der Waals surface area contributed by atoms with E-state index in [1.54, 1.807) is 25.2 Å². The Bertz CT molecular complexity index is 982. The van der Waals surface area contributed by atoms with E-state index in [1.165, 1.54) is 10.1 Å². The van der Waals surface area contributed by atoms with Gasteiger partial charge in [-0.05, 0) is 23.8 Å². The molecule has 1 saturated heterocycles. The Labute approximate surface area is 151 Å². The Balaban J connectivity index is 1.43. The van der Waals surface area contributed by atoms with E-state index >= 15 is 0 Å². The molecule has 1 aliphatic heterocycles. The van der Waals surface area contributed by atoms with Gasteiger partial charge in [0.05, 0.1) is 5.52 Å². The van der Waals surface area contributed by atoms with Crippen molar-refractivity contribution in [3.8, 4) is 0 Å². The molecule has 2 heterocycles. The molecule has 0 aliphatic carbocycles. The number of hydrogen-bond donors (Lipinski definition) is 0. The van der Waals surface area contributed by atoms with Crippen molar-refractivity contribution >= 4 is 17.0 Å². The third kappa shape index (κ3) is 3.15. The first kappa shape index (κ1) is 16.6. The fourth-order valence-electron chi connectivity index (χ4n) is 3.39. The van der Waals surface area contributed by atoms with Crippen LogP contribution in [0.15, 0.2) is 57.7 Å². The van der Waals surface area contributed by atoms with Crippen LogP contribution in [0.25, 0.3) is 11.1 Å². The number of amides is 1. The summed E-state index contributed by atoms with van der Waals surface area (Å²) in [5, 5.41) is 0. The van der Waals surface area contributed by atoms with E-state index in [1.807, 2.05) is 11.0 Å². The maximum Gasteiger partial charge on any atom is 0.419 e. The first-order valence-electron chi connectivity index (χ1n) is 8.77. The van der Waals surface area contributed by atoms with E-state index in [9.17, 15) is 9.59 Å². The minimum absolute atomic E-state index is 0.0000832. The summed E-state index contributed by atoms with van der Waals surface area (Å²) in [7, 11) is 1.64. The lowest BCUT2D eigenvalue weighted by atomic mass is 10.1. The fourth-order valence-corrected chi connectivity index (χ4v) is 3.39. The summed E-state index contributed by atoms with van der Waals surface area (Å²) >= 11 is 0. The molecule has 134 valence electrons. The quantitative estimate of drug-likeness (QED) is 0.725. The zero-order valence-corrected chi connectivity index (χ0v) is 14.7. The molecule has 0 saturated carbocycles. The molecule has 4 rings (SSSR count). The smallest absolute Gasteiger partial charge is 0.408 e. The van der Waals surface area contributed by atoms with Gasteiger partial charge in [-0.15, -0.1) is 0 Å². The SMILES string of the molecule is Cn1c(=O)oc2ccc(C(=O)N3CCN(Cc4ccccc4)CC3)cc21. The van der Waals surface area contributed by atoms with Gasteiger partial charge in [0.1, 0.15) is 0 Å². The van der Waals surface area contributed by atoms with E-state index in [0.717, 1.165) is 19.6 Å². The zero-order chi connectivity index (χ0) is 18.1. The van der Waals surface area contributed by atoms with Gasteiger partial charge < -0.3 is 9.32 Å². The number of benzene rings is 2. The van der Waals surface area contributed by atoms with Gasteiger partial charge in [0, 0.05) is 45.3 Å². The predicted octanol–water partition coefficient (Wildman–Crippen LogP) is 2.09. The second-order valence-corrected chi connectivity index (χ2v) is 6.66. The van der Waals surface area contributed by atoms with E-state index in [4.69, 9.17) is 4.42 Å². The molecule has 1 fully saturated rings. The van der Waals surface area contributed by atoms with E-state index < -0.39 is 5.76 Å². The lowest BCUT2D eigenvalue weighted by molar-refractivity contribution is 0.0628. The van der Waals surface area contributed by atoms with Gasteiger partial charge in [0.15, 0.2) is 5.58 Å². The fraction of sp³-hybridized carbons (Fsp3) is 0.300. The average molecular weight is 351 g/mol. The summed E-state index contributed by atoms with van der Waals surface area (Å²) < 4.78 is 6.55. The van der Waals surface area contributed by atoms with Crippen LogP contribution in [0.4, 0.5) is 0 Å². The monoisotopic (exact) mass is 351 g/mol. The normalized spacial score (nSPS) is 15.5. The number of carbonyl (C=O) groups excluding carboxylic acids is 1. The number of rotatable bonds is 3. The van der Waals surface area contributed by atoms with Crippen molar-refractivity contribution in [2.24, 2.45) is 7.05 Å². The van der Waals surface area contributed by atoms with E-state index in [-0.39, 0.29) is 5.91 Å². The molecule has 0 unspecified atom stereocenters. The molecule has 6 nitrogen and oxygen atoms in total. The average Bonchev–Trinajstić information content (AvgIpc) is 2.96. The van der Waals surface area contributed by atoms with Crippen molar-refractivity contribution in [3.63, 3.8) is 0 Å². The van der Waals surface area contributed by atoms with Gasteiger partial charge in [-0.25, -0.2) is 4.79 Å². The van der Waals surface area contributed by atoms with E-state index in [2.05, 4.69) is 29.2 Å². The number of oxazole rings is 1.